The van der Waals surface area contributed by atoms with E-state index in [-0.39, 0.29) is 12.0 Å². The van der Waals surface area contributed by atoms with Crippen molar-refractivity contribution in [2.24, 2.45) is 0 Å². The molecule has 0 saturated heterocycles. The smallest absolute Gasteiger partial charge is 0.419 e. The Morgan fingerprint density at radius 3 is 2.30 bits per heavy atom. The first-order chi connectivity index (χ1) is 21.5. The number of nitrogens with zero attached hydrogens (tertiary/aromatic N) is 1. The third-order valence-electron chi connectivity index (χ3n) is 7.68. The Balaban J connectivity index is 0.000000647. The summed E-state index contributed by atoms with van der Waals surface area (Å²) < 4.78 is 66.8. The molecule has 0 fully saturated rings. The second kappa shape index (κ2) is 14.5. The van der Waals surface area contributed by atoms with Crippen LogP contribution in [-0.4, -0.2) is 48.5 Å². The molecule has 2 heterocycles. The Kier molecular flexibility index (Phi) is 11.5. The molecule has 0 aromatic heterocycles. The molecule has 3 aromatic rings. The summed E-state index contributed by atoms with van der Waals surface area (Å²) in [5.74, 6) is -1.15. The fraction of sp³-hybridized carbons (Fsp3) is 0.429. The van der Waals surface area contributed by atoms with Crippen molar-refractivity contribution >= 4 is 18.1 Å². The summed E-state index contributed by atoms with van der Waals surface area (Å²) in [6.07, 6.45) is -1.92. The van der Waals surface area contributed by atoms with Crippen molar-refractivity contribution in [2.45, 2.75) is 79.0 Å². The van der Waals surface area contributed by atoms with Crippen LogP contribution in [0.3, 0.4) is 0 Å². The van der Waals surface area contributed by atoms with E-state index in [4.69, 9.17) is 24.5 Å². The third-order valence-corrected chi connectivity index (χ3v) is 7.68. The summed E-state index contributed by atoms with van der Waals surface area (Å²) in [7, 11) is 1.13. The van der Waals surface area contributed by atoms with Crippen molar-refractivity contribution in [1.29, 1.82) is 0 Å². The van der Waals surface area contributed by atoms with Gasteiger partial charge in [0.05, 0.1) is 30.4 Å². The van der Waals surface area contributed by atoms with Gasteiger partial charge in [-0.3, -0.25) is 9.59 Å². The minimum absolute atomic E-state index is 0.151. The molecule has 46 heavy (non-hydrogen) atoms. The highest BCUT2D eigenvalue weighted by molar-refractivity contribution is 6.10. The van der Waals surface area contributed by atoms with Gasteiger partial charge in [0.15, 0.2) is 11.6 Å². The number of aliphatic hydroxyl groups is 1. The number of benzene rings is 3. The van der Waals surface area contributed by atoms with Gasteiger partial charge in [-0.25, -0.2) is 4.39 Å². The number of halogens is 4. The van der Waals surface area contributed by atoms with Gasteiger partial charge in [-0.2, -0.15) is 13.2 Å². The molecule has 0 atom stereocenters. The first-order valence-electron chi connectivity index (χ1n) is 15.0. The molecule has 0 bridgehead atoms. The zero-order valence-corrected chi connectivity index (χ0v) is 27.2. The Morgan fingerprint density at radius 1 is 1.11 bits per heavy atom. The second-order valence-electron chi connectivity index (χ2n) is 12.1. The fourth-order valence-corrected chi connectivity index (χ4v) is 5.93. The van der Waals surface area contributed by atoms with E-state index in [2.05, 4.69) is 0 Å². The summed E-state index contributed by atoms with van der Waals surface area (Å²) in [4.78, 5) is 23.6. The van der Waals surface area contributed by atoms with E-state index in [0.29, 0.717) is 37.4 Å². The minimum atomic E-state index is -4.66. The number of aryl methyl sites for hydroxylation is 1. The molecule has 0 unspecified atom stereocenters. The summed E-state index contributed by atoms with van der Waals surface area (Å²) in [6, 6.07) is 6.91. The zero-order valence-electron chi connectivity index (χ0n) is 27.2. The molecular formula is C35H41F4NO6. The normalized spacial score (nSPS) is 13.7. The van der Waals surface area contributed by atoms with Crippen molar-refractivity contribution in [3.05, 3.63) is 75.1 Å². The topological polar surface area (TPSA) is 96.3 Å². The third kappa shape index (κ3) is 7.81. The zero-order chi connectivity index (χ0) is 34.6. The molecule has 2 aliphatic rings. The SMILES string of the molecule is CC(C)(C)O.CCc1c(C)cc2c(c1-c1cc(F)c3c(c1C)CCCO3)CCN2C(=O)c1cccc(C(F)(F)F)c1OC.O=CO. The van der Waals surface area contributed by atoms with Gasteiger partial charge >= 0.3 is 6.18 Å². The van der Waals surface area contributed by atoms with E-state index >= 15 is 4.39 Å². The number of hydrogen-bond donors (Lipinski definition) is 2. The van der Waals surface area contributed by atoms with E-state index in [9.17, 15) is 18.0 Å². The average Bonchev–Trinajstić information content (AvgIpc) is 3.40. The molecule has 3 aromatic carbocycles. The van der Waals surface area contributed by atoms with Crippen LogP contribution in [0.25, 0.3) is 11.1 Å². The van der Waals surface area contributed by atoms with Crippen LogP contribution in [0.1, 0.15) is 77.9 Å². The minimum Gasteiger partial charge on any atom is -0.495 e. The van der Waals surface area contributed by atoms with E-state index in [1.165, 1.54) is 23.1 Å². The molecule has 11 heteroatoms. The number of carbonyl (C=O) groups is 2. The number of alkyl halides is 3. The summed E-state index contributed by atoms with van der Waals surface area (Å²) in [5, 5.41) is 15.4. The molecular weight excluding hydrogens is 606 g/mol. The summed E-state index contributed by atoms with van der Waals surface area (Å²) in [6.45, 7) is 11.7. The van der Waals surface area contributed by atoms with Gasteiger partial charge in [0.2, 0.25) is 0 Å². The number of hydrogen-bond acceptors (Lipinski definition) is 5. The van der Waals surface area contributed by atoms with E-state index in [0.717, 1.165) is 65.0 Å². The van der Waals surface area contributed by atoms with Crippen molar-refractivity contribution < 1.29 is 46.8 Å². The number of carboxylic acid groups (broad SMARTS) is 1. The average molecular weight is 648 g/mol. The van der Waals surface area contributed by atoms with Crippen LogP contribution in [-0.2, 0) is 30.2 Å². The number of para-hydroxylation sites is 1. The van der Waals surface area contributed by atoms with Gasteiger partial charge < -0.3 is 24.6 Å². The number of anilines is 1. The molecule has 2 aliphatic heterocycles. The number of methoxy groups -OCH3 is 1. The van der Waals surface area contributed by atoms with E-state index in [1.54, 1.807) is 20.8 Å². The molecule has 0 saturated carbocycles. The number of ether oxygens (including phenoxy) is 2. The molecule has 0 aliphatic carbocycles. The quantitative estimate of drug-likeness (QED) is 0.223. The molecule has 0 radical (unpaired) electrons. The largest absolute Gasteiger partial charge is 0.495 e. The Morgan fingerprint density at radius 2 is 1.74 bits per heavy atom. The molecule has 0 spiro atoms. The van der Waals surface area contributed by atoms with Gasteiger partial charge in [0.25, 0.3) is 12.4 Å². The van der Waals surface area contributed by atoms with Gasteiger partial charge in [-0.05, 0) is 118 Å². The Bertz CT molecular complexity index is 1590. The number of fused-ring (bicyclic) bond motifs is 2. The molecule has 7 nitrogen and oxygen atoms in total. The first-order valence-corrected chi connectivity index (χ1v) is 15.0. The predicted octanol–water partition coefficient (Wildman–Crippen LogP) is 7.71. The predicted molar refractivity (Wildman–Crippen MR) is 169 cm³/mol. The lowest BCUT2D eigenvalue weighted by Gasteiger charge is -2.25. The van der Waals surface area contributed by atoms with Crippen molar-refractivity contribution in [1.82, 2.24) is 0 Å². The van der Waals surface area contributed by atoms with Crippen molar-refractivity contribution in [3.8, 4) is 22.6 Å². The standard InChI is InChI=1S/C30H29F4NO3.C4H10O.CH2O2/c1-5-18-16(2)14-25-20(26(18)22-15-24(31)28-19(17(22)3)9-7-13-38-28)11-12-35(25)29(36)21-8-6-10-23(27(21)37-4)30(32,33)34;1-4(2,3)5;2-1-3/h6,8,10,14-15H,5,7,9,11-13H2,1-4H3;5H,1-3H3;1H,(H,2,3). The van der Waals surface area contributed by atoms with E-state index < -0.39 is 34.8 Å². The van der Waals surface area contributed by atoms with Crippen LogP contribution in [0, 0.1) is 19.7 Å². The maximum atomic E-state index is 15.2. The van der Waals surface area contributed by atoms with Crippen LogP contribution >= 0.6 is 0 Å². The monoisotopic (exact) mass is 647 g/mol. The van der Waals surface area contributed by atoms with Gasteiger partial charge in [-0.15, -0.1) is 0 Å². The van der Waals surface area contributed by atoms with Crippen LogP contribution in [0.4, 0.5) is 23.2 Å². The maximum Gasteiger partial charge on any atom is 0.419 e. The highest BCUT2D eigenvalue weighted by Gasteiger charge is 2.38. The van der Waals surface area contributed by atoms with Crippen molar-refractivity contribution in [3.63, 3.8) is 0 Å². The fourth-order valence-electron chi connectivity index (χ4n) is 5.93. The van der Waals surface area contributed by atoms with Crippen molar-refractivity contribution in [2.75, 3.05) is 25.2 Å². The first kappa shape index (κ1) is 36.3. The molecule has 1 amide bonds. The molecule has 5 rings (SSSR count). The van der Waals surface area contributed by atoms with Gasteiger partial charge in [-0.1, -0.05) is 13.0 Å². The Labute approximate surface area is 266 Å². The lowest BCUT2D eigenvalue weighted by molar-refractivity contribution is -0.138. The lowest BCUT2D eigenvalue weighted by atomic mass is 9.84. The summed E-state index contributed by atoms with van der Waals surface area (Å²) in [5.41, 5.74) is 5.37. The van der Waals surface area contributed by atoms with Gasteiger partial charge in [0.1, 0.15) is 5.75 Å². The lowest BCUT2D eigenvalue weighted by Crippen LogP contribution is -2.29. The van der Waals surface area contributed by atoms with Gasteiger partial charge in [0, 0.05) is 17.8 Å². The number of rotatable bonds is 4. The maximum absolute atomic E-state index is 15.2. The summed E-state index contributed by atoms with van der Waals surface area (Å²) >= 11 is 0. The molecule has 250 valence electrons. The Hall–Kier alpha value is -4.12. The van der Waals surface area contributed by atoms with Crippen LogP contribution < -0.4 is 14.4 Å². The van der Waals surface area contributed by atoms with Crippen LogP contribution in [0.15, 0.2) is 30.3 Å². The van der Waals surface area contributed by atoms with E-state index in [1.807, 2.05) is 26.8 Å². The number of amides is 1. The highest BCUT2D eigenvalue weighted by Crippen LogP contribution is 2.46. The highest BCUT2D eigenvalue weighted by atomic mass is 19.4. The van der Waals surface area contributed by atoms with Crippen LogP contribution in [0.5, 0.6) is 11.5 Å². The molecule has 2 N–H and O–H groups in total. The second-order valence-corrected chi connectivity index (χ2v) is 12.1. The van der Waals surface area contributed by atoms with Crippen LogP contribution in [0.2, 0.25) is 0 Å². The number of carbonyl (C=O) groups excluding carboxylic acids is 1.